The number of ether oxygens (including phenoxy) is 1. The Morgan fingerprint density at radius 3 is 2.77 bits per heavy atom. The summed E-state index contributed by atoms with van der Waals surface area (Å²) >= 11 is 9.38. The van der Waals surface area contributed by atoms with Gasteiger partial charge < -0.3 is 19.1 Å². The van der Waals surface area contributed by atoms with Crippen molar-refractivity contribution in [2.45, 2.75) is 25.3 Å². The number of aromatic nitrogens is 2. The molecule has 2 heterocycles. The van der Waals surface area contributed by atoms with E-state index in [1.54, 1.807) is 42.3 Å². The van der Waals surface area contributed by atoms with E-state index in [1.807, 2.05) is 18.2 Å². The van der Waals surface area contributed by atoms with E-state index >= 15 is 0 Å². The number of hydrogen-bond acceptors (Lipinski definition) is 6. The van der Waals surface area contributed by atoms with Gasteiger partial charge in [-0.15, -0.1) is 0 Å². The average molecular weight is 562 g/mol. The molecule has 1 aromatic heterocycles. The Hall–Kier alpha value is -2.75. The van der Waals surface area contributed by atoms with Gasteiger partial charge in [-0.05, 0) is 61.7 Å². The molecular weight excluding hydrogens is 536 g/mol. The van der Waals surface area contributed by atoms with Crippen LogP contribution < -0.4 is 0 Å². The molecule has 0 radical (unpaired) electrons. The van der Waals surface area contributed by atoms with E-state index < -0.39 is 0 Å². The molecule has 1 aliphatic rings. The summed E-state index contributed by atoms with van der Waals surface area (Å²) in [4.78, 5) is 34.5. The molecule has 3 aromatic rings. The van der Waals surface area contributed by atoms with Gasteiger partial charge in [-0.3, -0.25) is 9.59 Å². The Morgan fingerprint density at radius 2 is 2.03 bits per heavy atom. The highest BCUT2D eigenvalue weighted by molar-refractivity contribution is 9.10. The van der Waals surface area contributed by atoms with Crippen LogP contribution in [0.2, 0.25) is 5.02 Å². The lowest BCUT2D eigenvalue weighted by atomic mass is 10.0. The third-order valence-corrected chi connectivity index (χ3v) is 6.65. The van der Waals surface area contributed by atoms with Crippen LogP contribution in [-0.4, -0.2) is 65.1 Å². The maximum Gasteiger partial charge on any atom is 0.254 e. The van der Waals surface area contributed by atoms with Crippen LogP contribution in [0.5, 0.6) is 0 Å². The lowest BCUT2D eigenvalue weighted by molar-refractivity contribution is -0.136. The van der Waals surface area contributed by atoms with Crippen molar-refractivity contribution < 1.29 is 18.8 Å². The van der Waals surface area contributed by atoms with E-state index in [2.05, 4.69) is 26.1 Å². The summed E-state index contributed by atoms with van der Waals surface area (Å²) in [7, 11) is 1.57. The first-order chi connectivity index (χ1) is 17.0. The number of carbonyl (C=O) groups excluding carboxylic acids is 2. The monoisotopic (exact) mass is 560 g/mol. The molecule has 2 aromatic carbocycles. The number of nitrogens with zero attached hydrogens (tertiary/aromatic N) is 4. The van der Waals surface area contributed by atoms with E-state index in [-0.39, 0.29) is 24.4 Å². The second kappa shape index (κ2) is 11.8. The van der Waals surface area contributed by atoms with Gasteiger partial charge in [0.1, 0.15) is 12.6 Å². The number of hydrogen-bond donors (Lipinski definition) is 0. The summed E-state index contributed by atoms with van der Waals surface area (Å²) in [6, 6.07) is 14.0. The number of methoxy groups -OCH3 is 1. The van der Waals surface area contributed by atoms with Crippen molar-refractivity contribution in [2.24, 2.45) is 0 Å². The maximum absolute atomic E-state index is 13.4. The number of halogens is 2. The van der Waals surface area contributed by atoms with Crippen molar-refractivity contribution in [3.05, 3.63) is 69.5 Å². The van der Waals surface area contributed by atoms with Gasteiger partial charge in [0, 0.05) is 40.8 Å². The predicted octanol–water partition coefficient (Wildman–Crippen LogP) is 4.99. The molecule has 0 bridgehead atoms. The fraction of sp³-hybridized carbons (Fsp3) is 0.360. The smallest absolute Gasteiger partial charge is 0.254 e. The second-order valence-corrected chi connectivity index (χ2v) is 9.64. The van der Waals surface area contributed by atoms with Gasteiger partial charge in [0.05, 0.1) is 6.61 Å². The summed E-state index contributed by atoms with van der Waals surface area (Å²) < 4.78 is 11.6. The summed E-state index contributed by atoms with van der Waals surface area (Å²) in [6.07, 6.45) is 2.53. The molecule has 184 valence electrons. The zero-order chi connectivity index (χ0) is 24.8. The van der Waals surface area contributed by atoms with Gasteiger partial charge >= 0.3 is 0 Å². The van der Waals surface area contributed by atoms with Crippen LogP contribution in [0.1, 0.15) is 41.6 Å². The quantitative estimate of drug-likeness (QED) is 0.385. The molecule has 1 aliphatic heterocycles. The second-order valence-electron chi connectivity index (χ2n) is 8.29. The Kier molecular flexibility index (Phi) is 8.54. The number of amides is 2. The molecule has 8 nitrogen and oxygen atoms in total. The topological polar surface area (TPSA) is 88.8 Å². The largest absolute Gasteiger partial charge is 0.383 e. The number of carbonyl (C=O) groups is 2. The van der Waals surface area contributed by atoms with Gasteiger partial charge in [0.25, 0.3) is 5.91 Å². The fourth-order valence-electron chi connectivity index (χ4n) is 4.09. The molecule has 0 N–H and O–H groups in total. The van der Waals surface area contributed by atoms with Crippen LogP contribution in [0, 0.1) is 0 Å². The molecule has 1 fully saturated rings. The van der Waals surface area contributed by atoms with Gasteiger partial charge in [0.15, 0.2) is 0 Å². The van der Waals surface area contributed by atoms with Crippen molar-refractivity contribution in [3.63, 3.8) is 0 Å². The number of rotatable bonds is 8. The molecule has 1 unspecified atom stereocenters. The lowest BCUT2D eigenvalue weighted by Crippen LogP contribution is -2.46. The molecular formula is C25H26BrClN4O4. The third kappa shape index (κ3) is 6.28. The zero-order valence-corrected chi connectivity index (χ0v) is 21.7. The van der Waals surface area contributed by atoms with E-state index in [1.165, 1.54) is 4.90 Å². The van der Waals surface area contributed by atoms with Crippen molar-refractivity contribution >= 4 is 39.3 Å². The molecule has 35 heavy (non-hydrogen) atoms. The Bertz CT molecular complexity index is 1170. The Balaban J connectivity index is 1.52. The minimum atomic E-state index is -0.338. The highest BCUT2D eigenvalue weighted by Crippen LogP contribution is 2.31. The van der Waals surface area contributed by atoms with E-state index in [4.69, 9.17) is 20.9 Å². The predicted molar refractivity (Wildman–Crippen MR) is 135 cm³/mol. The van der Waals surface area contributed by atoms with Gasteiger partial charge in [0.2, 0.25) is 17.6 Å². The van der Waals surface area contributed by atoms with Crippen molar-refractivity contribution in [1.82, 2.24) is 19.9 Å². The molecule has 1 saturated heterocycles. The first kappa shape index (κ1) is 25.3. The first-order valence-corrected chi connectivity index (χ1v) is 12.6. The highest BCUT2D eigenvalue weighted by Gasteiger charge is 2.33. The first-order valence-electron chi connectivity index (χ1n) is 11.4. The molecule has 4 rings (SSSR count). The normalized spacial score (nSPS) is 15.7. The minimum Gasteiger partial charge on any atom is -0.383 e. The summed E-state index contributed by atoms with van der Waals surface area (Å²) in [5.74, 6) is 0.444. The number of benzene rings is 2. The molecule has 0 spiro atoms. The molecule has 0 saturated carbocycles. The van der Waals surface area contributed by atoms with Crippen LogP contribution in [0.15, 0.2) is 57.5 Å². The van der Waals surface area contributed by atoms with Crippen LogP contribution in [0.4, 0.5) is 0 Å². The average Bonchev–Trinajstić information content (AvgIpc) is 3.36. The summed E-state index contributed by atoms with van der Waals surface area (Å²) in [5.41, 5.74) is 1.28. The Labute approximate surface area is 217 Å². The van der Waals surface area contributed by atoms with Crippen molar-refractivity contribution in [2.75, 3.05) is 33.4 Å². The Morgan fingerprint density at radius 1 is 1.23 bits per heavy atom. The summed E-state index contributed by atoms with van der Waals surface area (Å²) in [6.45, 7) is 1.12. The van der Waals surface area contributed by atoms with E-state index in [0.717, 1.165) is 22.9 Å². The van der Waals surface area contributed by atoms with E-state index in [0.29, 0.717) is 48.4 Å². The zero-order valence-electron chi connectivity index (χ0n) is 19.3. The minimum absolute atomic E-state index is 0.0661. The molecule has 10 heteroatoms. The van der Waals surface area contributed by atoms with Crippen LogP contribution in [0.3, 0.4) is 0 Å². The fourth-order valence-corrected chi connectivity index (χ4v) is 4.61. The molecule has 1 atom stereocenters. The van der Waals surface area contributed by atoms with Gasteiger partial charge in [-0.1, -0.05) is 38.8 Å². The maximum atomic E-state index is 13.4. The van der Waals surface area contributed by atoms with Crippen LogP contribution in [0.25, 0.3) is 11.4 Å². The molecule has 2 amide bonds. The van der Waals surface area contributed by atoms with E-state index in [9.17, 15) is 9.59 Å². The SMILES string of the molecule is COCCN(CC(=O)N1CCCCC1c1nc(-c2ccc(Cl)cc2)no1)C(=O)c1cccc(Br)c1. The number of piperidine rings is 1. The van der Waals surface area contributed by atoms with Crippen LogP contribution in [-0.2, 0) is 9.53 Å². The van der Waals surface area contributed by atoms with Gasteiger partial charge in [-0.2, -0.15) is 4.98 Å². The standard InChI is InChI=1S/C25H26BrClN4O4/c1-34-14-13-30(25(33)18-5-4-6-19(26)15-18)16-22(32)31-12-3-2-7-21(31)24-28-23(29-35-24)17-8-10-20(27)11-9-17/h4-6,8-11,15,21H,2-3,7,12-14,16H2,1H3. The highest BCUT2D eigenvalue weighted by atomic mass is 79.9. The van der Waals surface area contributed by atoms with Gasteiger partial charge in [-0.25, -0.2) is 0 Å². The molecule has 0 aliphatic carbocycles. The summed E-state index contributed by atoms with van der Waals surface area (Å²) in [5, 5.41) is 4.73. The lowest BCUT2D eigenvalue weighted by Gasteiger charge is -2.35. The van der Waals surface area contributed by atoms with Crippen molar-refractivity contribution in [1.29, 1.82) is 0 Å². The number of likely N-dealkylation sites (tertiary alicyclic amines) is 1. The third-order valence-electron chi connectivity index (χ3n) is 5.90. The van der Waals surface area contributed by atoms with Crippen molar-refractivity contribution in [3.8, 4) is 11.4 Å². The van der Waals surface area contributed by atoms with Crippen LogP contribution >= 0.6 is 27.5 Å².